The molecule has 1 N–H and O–H groups in total. The van der Waals surface area contributed by atoms with Gasteiger partial charge in [0.25, 0.3) is 0 Å². The molecule has 0 fully saturated rings. The van der Waals surface area contributed by atoms with Crippen LogP contribution < -0.4 is 5.32 Å². The number of rotatable bonds is 6. The van der Waals surface area contributed by atoms with Crippen molar-refractivity contribution in [3.05, 3.63) is 66.0 Å². The molecule has 110 valence electrons. The number of amides is 1. The van der Waals surface area contributed by atoms with Crippen LogP contribution in [0.25, 0.3) is 0 Å². The van der Waals surface area contributed by atoms with Gasteiger partial charge in [-0.1, -0.05) is 50.2 Å². The van der Waals surface area contributed by atoms with E-state index < -0.39 is 0 Å². The molecule has 3 heteroatoms. The lowest BCUT2D eigenvalue weighted by Crippen LogP contribution is -2.29. The van der Waals surface area contributed by atoms with Crippen molar-refractivity contribution in [2.75, 3.05) is 0 Å². The highest BCUT2D eigenvalue weighted by molar-refractivity contribution is 5.76. The van der Waals surface area contributed by atoms with Gasteiger partial charge in [-0.25, -0.2) is 0 Å². The number of carbonyl (C=O) groups is 1. The number of nitrogens with zero attached hydrogens (tertiary/aromatic N) is 1. The van der Waals surface area contributed by atoms with Gasteiger partial charge in [-0.15, -0.1) is 0 Å². The van der Waals surface area contributed by atoms with Gasteiger partial charge in [0, 0.05) is 12.6 Å². The summed E-state index contributed by atoms with van der Waals surface area (Å²) in [6.45, 7) is 4.25. The van der Waals surface area contributed by atoms with Gasteiger partial charge >= 0.3 is 0 Å². The number of hydrogen-bond donors (Lipinski definition) is 1. The summed E-state index contributed by atoms with van der Waals surface area (Å²) in [7, 11) is 0. The smallest absolute Gasteiger partial charge is 0.220 e. The molecule has 2 aromatic rings. The maximum absolute atomic E-state index is 12.2. The van der Waals surface area contributed by atoms with E-state index in [1.165, 1.54) is 0 Å². The molecular formula is C18H22N2O. The zero-order valence-corrected chi connectivity index (χ0v) is 12.6. The summed E-state index contributed by atoms with van der Waals surface area (Å²) in [5.74, 6) is 0.601. The summed E-state index contributed by atoms with van der Waals surface area (Å²) in [6.07, 6.45) is 3.20. The summed E-state index contributed by atoms with van der Waals surface area (Å²) in [4.78, 5) is 16.6. The minimum atomic E-state index is -0.188. The lowest BCUT2D eigenvalue weighted by Gasteiger charge is -2.19. The van der Waals surface area contributed by atoms with E-state index >= 15 is 0 Å². The molecule has 1 heterocycles. The van der Waals surface area contributed by atoms with E-state index in [1.807, 2.05) is 48.5 Å². The van der Waals surface area contributed by atoms with Crippen LogP contribution in [0.2, 0.25) is 0 Å². The Balaban J connectivity index is 2.16. The van der Waals surface area contributed by atoms with E-state index in [9.17, 15) is 4.79 Å². The number of benzene rings is 1. The highest BCUT2D eigenvalue weighted by Crippen LogP contribution is 2.20. The third-order valence-corrected chi connectivity index (χ3v) is 3.37. The fourth-order valence-corrected chi connectivity index (χ4v) is 2.17. The van der Waals surface area contributed by atoms with E-state index in [2.05, 4.69) is 24.1 Å². The van der Waals surface area contributed by atoms with Gasteiger partial charge in [-0.3, -0.25) is 9.78 Å². The Morgan fingerprint density at radius 2 is 1.81 bits per heavy atom. The van der Waals surface area contributed by atoms with Crippen molar-refractivity contribution in [1.29, 1.82) is 0 Å². The molecule has 1 aromatic heterocycles. The van der Waals surface area contributed by atoms with Crippen molar-refractivity contribution in [1.82, 2.24) is 10.3 Å². The Hall–Kier alpha value is -2.16. The summed E-state index contributed by atoms with van der Waals surface area (Å²) in [5, 5.41) is 3.10. The van der Waals surface area contributed by atoms with E-state index in [-0.39, 0.29) is 11.9 Å². The average molecular weight is 282 g/mol. The number of aromatic nitrogens is 1. The van der Waals surface area contributed by atoms with Crippen molar-refractivity contribution in [2.45, 2.75) is 32.7 Å². The average Bonchev–Trinajstić information content (AvgIpc) is 2.52. The second kappa shape index (κ2) is 7.58. The Morgan fingerprint density at radius 3 is 2.43 bits per heavy atom. The van der Waals surface area contributed by atoms with Gasteiger partial charge in [-0.2, -0.15) is 0 Å². The Bertz CT molecular complexity index is 512. The first-order valence-electron chi connectivity index (χ1n) is 7.42. The van der Waals surface area contributed by atoms with Crippen LogP contribution in [0.5, 0.6) is 0 Å². The van der Waals surface area contributed by atoms with Gasteiger partial charge < -0.3 is 5.32 Å². The second-order valence-electron chi connectivity index (χ2n) is 5.60. The summed E-state index contributed by atoms with van der Waals surface area (Å²) < 4.78 is 0. The Morgan fingerprint density at radius 1 is 1.10 bits per heavy atom. The second-order valence-corrected chi connectivity index (χ2v) is 5.60. The van der Waals surface area contributed by atoms with Crippen LogP contribution in [-0.2, 0) is 4.79 Å². The maximum Gasteiger partial charge on any atom is 0.220 e. The maximum atomic E-state index is 12.2. The molecule has 0 radical (unpaired) electrons. The molecule has 0 aliphatic carbocycles. The van der Waals surface area contributed by atoms with Crippen molar-refractivity contribution in [3.63, 3.8) is 0 Å². The van der Waals surface area contributed by atoms with Crippen molar-refractivity contribution >= 4 is 5.91 Å². The molecule has 2 rings (SSSR count). The molecule has 0 saturated carbocycles. The molecule has 0 aliphatic rings. The van der Waals surface area contributed by atoms with Crippen LogP contribution >= 0.6 is 0 Å². The van der Waals surface area contributed by atoms with Crippen LogP contribution in [0.3, 0.4) is 0 Å². The van der Waals surface area contributed by atoms with Gasteiger partial charge in [-0.05, 0) is 30.0 Å². The highest BCUT2D eigenvalue weighted by atomic mass is 16.1. The molecule has 0 saturated heterocycles. The number of nitrogens with one attached hydrogen (secondary N) is 1. The first kappa shape index (κ1) is 15.2. The van der Waals surface area contributed by atoms with Gasteiger partial charge in [0.2, 0.25) is 5.91 Å². The van der Waals surface area contributed by atoms with Crippen LogP contribution in [0, 0.1) is 5.92 Å². The van der Waals surface area contributed by atoms with Gasteiger partial charge in [0.1, 0.15) is 0 Å². The van der Waals surface area contributed by atoms with Crippen LogP contribution in [0.4, 0.5) is 0 Å². The zero-order valence-electron chi connectivity index (χ0n) is 12.6. The van der Waals surface area contributed by atoms with E-state index in [0.29, 0.717) is 12.3 Å². The minimum absolute atomic E-state index is 0.0724. The number of carbonyl (C=O) groups excluding carboxylic acids is 1. The SMILES string of the molecule is CC(C)CCC(=O)NC(c1ccccc1)c1ccccn1. The van der Waals surface area contributed by atoms with E-state index in [0.717, 1.165) is 17.7 Å². The van der Waals surface area contributed by atoms with Crippen molar-refractivity contribution < 1.29 is 4.79 Å². The van der Waals surface area contributed by atoms with E-state index in [1.54, 1.807) is 6.20 Å². The molecule has 1 unspecified atom stereocenters. The molecule has 1 amide bonds. The zero-order chi connectivity index (χ0) is 15.1. The lowest BCUT2D eigenvalue weighted by atomic mass is 10.0. The first-order chi connectivity index (χ1) is 10.2. The molecule has 21 heavy (non-hydrogen) atoms. The lowest BCUT2D eigenvalue weighted by molar-refractivity contribution is -0.121. The molecule has 1 atom stereocenters. The third kappa shape index (κ3) is 4.71. The molecule has 3 nitrogen and oxygen atoms in total. The highest BCUT2D eigenvalue weighted by Gasteiger charge is 2.17. The Labute approximate surface area is 126 Å². The quantitative estimate of drug-likeness (QED) is 0.877. The molecule has 0 aliphatic heterocycles. The van der Waals surface area contributed by atoms with Crippen molar-refractivity contribution in [2.24, 2.45) is 5.92 Å². The van der Waals surface area contributed by atoms with E-state index in [4.69, 9.17) is 0 Å². The Kier molecular flexibility index (Phi) is 5.50. The van der Waals surface area contributed by atoms with Gasteiger partial charge in [0.05, 0.1) is 11.7 Å². The predicted octanol–water partition coefficient (Wildman–Crippen LogP) is 3.72. The summed E-state index contributed by atoms with van der Waals surface area (Å²) in [6, 6.07) is 15.5. The molecule has 0 spiro atoms. The predicted molar refractivity (Wildman–Crippen MR) is 84.7 cm³/mol. The number of pyridine rings is 1. The largest absolute Gasteiger partial charge is 0.344 e. The fourth-order valence-electron chi connectivity index (χ4n) is 2.17. The van der Waals surface area contributed by atoms with Gasteiger partial charge in [0.15, 0.2) is 0 Å². The van der Waals surface area contributed by atoms with Crippen LogP contribution in [0.1, 0.15) is 44.0 Å². The first-order valence-corrected chi connectivity index (χ1v) is 7.42. The van der Waals surface area contributed by atoms with Crippen LogP contribution in [0.15, 0.2) is 54.7 Å². The van der Waals surface area contributed by atoms with Crippen molar-refractivity contribution in [3.8, 4) is 0 Å². The summed E-state index contributed by atoms with van der Waals surface area (Å²) in [5.41, 5.74) is 1.91. The monoisotopic (exact) mass is 282 g/mol. The standard InChI is InChI=1S/C18H22N2O/c1-14(2)11-12-17(21)20-18(15-8-4-3-5-9-15)16-10-6-7-13-19-16/h3-10,13-14,18H,11-12H2,1-2H3,(H,20,21). The normalized spacial score (nSPS) is 12.1. The minimum Gasteiger partial charge on any atom is -0.344 e. The molecular weight excluding hydrogens is 260 g/mol. The number of hydrogen-bond acceptors (Lipinski definition) is 2. The van der Waals surface area contributed by atoms with Crippen LogP contribution in [-0.4, -0.2) is 10.9 Å². The topological polar surface area (TPSA) is 42.0 Å². The molecule has 1 aromatic carbocycles. The third-order valence-electron chi connectivity index (χ3n) is 3.37. The molecule has 0 bridgehead atoms. The summed E-state index contributed by atoms with van der Waals surface area (Å²) >= 11 is 0. The fraction of sp³-hybridized carbons (Fsp3) is 0.333.